The molecule has 1 unspecified atom stereocenters. The summed E-state index contributed by atoms with van der Waals surface area (Å²) in [5, 5.41) is 2.94. The van der Waals surface area contributed by atoms with Gasteiger partial charge in [-0.3, -0.25) is 4.79 Å². The predicted octanol–water partition coefficient (Wildman–Crippen LogP) is 1.32. The third-order valence-corrected chi connectivity index (χ3v) is 2.86. The van der Waals surface area contributed by atoms with Crippen LogP contribution in [0.25, 0.3) is 0 Å². The van der Waals surface area contributed by atoms with Crippen LogP contribution in [0.1, 0.15) is 25.0 Å². The van der Waals surface area contributed by atoms with Crippen molar-refractivity contribution in [3.63, 3.8) is 0 Å². The molecule has 0 radical (unpaired) electrons. The Balaban J connectivity index is 2.78. The van der Waals surface area contributed by atoms with E-state index < -0.39 is 11.6 Å². The van der Waals surface area contributed by atoms with Gasteiger partial charge in [0, 0.05) is 7.11 Å². The second kappa shape index (κ2) is 5.98. The van der Waals surface area contributed by atoms with Gasteiger partial charge >= 0.3 is 0 Å². The van der Waals surface area contributed by atoms with Crippen LogP contribution in [0.5, 0.6) is 0 Å². The fourth-order valence-corrected chi connectivity index (χ4v) is 1.76. The molecule has 4 nitrogen and oxygen atoms in total. The molecule has 0 heterocycles. The average Bonchev–Trinajstić information content (AvgIpc) is 2.28. The van der Waals surface area contributed by atoms with Gasteiger partial charge in [-0.25, -0.2) is 0 Å². The molecule has 0 aliphatic carbocycles. The minimum Gasteiger partial charge on any atom is -0.383 e. The van der Waals surface area contributed by atoms with E-state index in [0.29, 0.717) is 0 Å². The highest BCUT2D eigenvalue weighted by Crippen LogP contribution is 2.20. The monoisotopic (exact) mass is 250 g/mol. The summed E-state index contributed by atoms with van der Waals surface area (Å²) in [6.45, 7) is 6.16. The van der Waals surface area contributed by atoms with Crippen LogP contribution in [0.2, 0.25) is 0 Å². The lowest BCUT2D eigenvalue weighted by Gasteiger charge is -2.28. The summed E-state index contributed by atoms with van der Waals surface area (Å²) >= 11 is 0. The van der Waals surface area contributed by atoms with E-state index in [0.717, 1.165) is 11.1 Å². The van der Waals surface area contributed by atoms with Crippen LogP contribution in [-0.2, 0) is 15.1 Å². The Morgan fingerprint density at radius 1 is 1.50 bits per heavy atom. The normalized spacial score (nSPS) is 13.2. The molecule has 1 rings (SSSR count). The van der Waals surface area contributed by atoms with E-state index in [4.69, 9.17) is 10.5 Å². The number of nitrogens with one attached hydrogen (secondary N) is 1. The molecule has 18 heavy (non-hydrogen) atoms. The highest BCUT2D eigenvalue weighted by Gasteiger charge is 2.25. The van der Waals surface area contributed by atoms with Crippen molar-refractivity contribution in [1.29, 1.82) is 0 Å². The Labute approximate surface area is 109 Å². The molecular formula is C14H22N2O2. The first kappa shape index (κ1) is 14.7. The second-order valence-corrected chi connectivity index (χ2v) is 5.05. The van der Waals surface area contributed by atoms with E-state index in [-0.39, 0.29) is 12.5 Å². The number of carbonyl (C=O) groups excluding carboxylic acids is 1. The smallest absolute Gasteiger partial charge is 0.239 e. The van der Waals surface area contributed by atoms with Crippen LogP contribution >= 0.6 is 0 Å². The molecule has 3 N–H and O–H groups in total. The molecule has 4 heteroatoms. The summed E-state index contributed by atoms with van der Waals surface area (Å²) in [6.07, 6.45) is 0. The standard InChI is InChI=1S/C14H22N2O2/c1-10-6-5-7-11(8-10)14(2,3)16-13(17)12(15)9-18-4/h5-8,12H,9,15H2,1-4H3,(H,16,17). The summed E-state index contributed by atoms with van der Waals surface area (Å²) in [5.74, 6) is -0.205. The fourth-order valence-electron chi connectivity index (χ4n) is 1.76. The molecule has 100 valence electrons. The maximum absolute atomic E-state index is 11.9. The number of hydrogen-bond acceptors (Lipinski definition) is 3. The summed E-state index contributed by atoms with van der Waals surface area (Å²) < 4.78 is 4.88. The van der Waals surface area contributed by atoms with E-state index in [1.807, 2.05) is 39.0 Å². The summed E-state index contributed by atoms with van der Waals surface area (Å²) in [6, 6.07) is 7.42. The number of rotatable bonds is 5. The van der Waals surface area contributed by atoms with Gasteiger partial charge in [0.2, 0.25) is 5.91 Å². The summed E-state index contributed by atoms with van der Waals surface area (Å²) in [4.78, 5) is 11.9. The molecule has 0 fully saturated rings. The zero-order valence-electron chi connectivity index (χ0n) is 11.5. The lowest BCUT2D eigenvalue weighted by atomic mass is 9.92. The minimum atomic E-state index is -0.640. The largest absolute Gasteiger partial charge is 0.383 e. The molecule has 1 amide bonds. The molecular weight excluding hydrogens is 228 g/mol. The molecule has 0 aromatic heterocycles. The minimum absolute atomic E-state index is 0.205. The van der Waals surface area contributed by atoms with Crippen LogP contribution in [0.3, 0.4) is 0 Å². The Bertz CT molecular complexity index is 416. The van der Waals surface area contributed by atoms with Gasteiger partial charge in [-0.15, -0.1) is 0 Å². The van der Waals surface area contributed by atoms with Crippen LogP contribution in [0, 0.1) is 6.92 Å². The Kier molecular flexibility index (Phi) is 4.87. The van der Waals surface area contributed by atoms with Gasteiger partial charge in [-0.05, 0) is 26.3 Å². The van der Waals surface area contributed by atoms with Crippen molar-refractivity contribution in [3.8, 4) is 0 Å². The van der Waals surface area contributed by atoms with Gasteiger partial charge < -0.3 is 15.8 Å². The average molecular weight is 250 g/mol. The van der Waals surface area contributed by atoms with Gasteiger partial charge in [-0.1, -0.05) is 29.8 Å². The van der Waals surface area contributed by atoms with Crippen molar-refractivity contribution >= 4 is 5.91 Å². The van der Waals surface area contributed by atoms with Gasteiger partial charge in [0.05, 0.1) is 12.1 Å². The van der Waals surface area contributed by atoms with Crippen LogP contribution in [0.4, 0.5) is 0 Å². The van der Waals surface area contributed by atoms with Crippen molar-refractivity contribution in [2.45, 2.75) is 32.4 Å². The SMILES string of the molecule is COCC(N)C(=O)NC(C)(C)c1cccc(C)c1. The van der Waals surface area contributed by atoms with Crippen molar-refractivity contribution in [2.24, 2.45) is 5.73 Å². The number of nitrogens with two attached hydrogens (primary N) is 1. The molecule has 0 bridgehead atoms. The van der Waals surface area contributed by atoms with E-state index in [9.17, 15) is 4.79 Å². The molecule has 0 aliphatic rings. The third kappa shape index (κ3) is 3.82. The van der Waals surface area contributed by atoms with Crippen molar-refractivity contribution < 1.29 is 9.53 Å². The molecule has 1 atom stereocenters. The predicted molar refractivity (Wildman–Crippen MR) is 72.2 cm³/mol. The number of aryl methyl sites for hydroxylation is 1. The topological polar surface area (TPSA) is 64.3 Å². The van der Waals surface area contributed by atoms with E-state index in [1.165, 1.54) is 7.11 Å². The van der Waals surface area contributed by atoms with Crippen molar-refractivity contribution in [1.82, 2.24) is 5.32 Å². The second-order valence-electron chi connectivity index (χ2n) is 5.05. The summed E-state index contributed by atoms with van der Waals surface area (Å²) in [5.41, 5.74) is 7.47. The zero-order valence-corrected chi connectivity index (χ0v) is 11.5. The number of hydrogen-bond donors (Lipinski definition) is 2. The number of ether oxygens (including phenoxy) is 1. The Hall–Kier alpha value is -1.39. The lowest BCUT2D eigenvalue weighted by Crippen LogP contribution is -2.50. The quantitative estimate of drug-likeness (QED) is 0.828. The number of carbonyl (C=O) groups is 1. The molecule has 1 aromatic carbocycles. The van der Waals surface area contributed by atoms with Crippen LogP contribution < -0.4 is 11.1 Å². The highest BCUT2D eigenvalue weighted by molar-refractivity contribution is 5.82. The number of benzene rings is 1. The molecule has 0 saturated carbocycles. The Morgan fingerprint density at radius 3 is 2.72 bits per heavy atom. The first-order valence-corrected chi connectivity index (χ1v) is 6.00. The number of amides is 1. The third-order valence-electron chi connectivity index (χ3n) is 2.86. The maximum Gasteiger partial charge on any atom is 0.239 e. The van der Waals surface area contributed by atoms with Crippen molar-refractivity contribution in [3.05, 3.63) is 35.4 Å². The maximum atomic E-state index is 11.9. The molecule has 0 saturated heterocycles. The fraction of sp³-hybridized carbons (Fsp3) is 0.500. The van der Waals surface area contributed by atoms with Gasteiger partial charge in [0.15, 0.2) is 0 Å². The molecule has 0 spiro atoms. The van der Waals surface area contributed by atoms with E-state index in [1.54, 1.807) is 0 Å². The van der Waals surface area contributed by atoms with Crippen LogP contribution in [0.15, 0.2) is 24.3 Å². The Morgan fingerprint density at radius 2 is 2.17 bits per heavy atom. The molecule has 0 aliphatic heterocycles. The van der Waals surface area contributed by atoms with Gasteiger partial charge in [-0.2, -0.15) is 0 Å². The zero-order chi connectivity index (χ0) is 13.8. The first-order chi connectivity index (χ1) is 8.36. The number of methoxy groups -OCH3 is 1. The van der Waals surface area contributed by atoms with E-state index in [2.05, 4.69) is 11.4 Å². The van der Waals surface area contributed by atoms with Gasteiger partial charge in [0.1, 0.15) is 6.04 Å². The summed E-state index contributed by atoms with van der Waals surface area (Å²) in [7, 11) is 1.53. The first-order valence-electron chi connectivity index (χ1n) is 6.00. The van der Waals surface area contributed by atoms with Crippen molar-refractivity contribution in [2.75, 3.05) is 13.7 Å². The lowest BCUT2D eigenvalue weighted by molar-refractivity contribution is -0.125. The van der Waals surface area contributed by atoms with E-state index >= 15 is 0 Å². The highest BCUT2D eigenvalue weighted by atomic mass is 16.5. The van der Waals surface area contributed by atoms with Gasteiger partial charge in [0.25, 0.3) is 0 Å². The van der Waals surface area contributed by atoms with Crippen LogP contribution in [-0.4, -0.2) is 25.7 Å². The molecule has 1 aromatic rings.